The van der Waals surface area contributed by atoms with Gasteiger partial charge in [0.15, 0.2) is 5.82 Å². The number of aromatic nitrogens is 3. The Kier molecular flexibility index (Phi) is 4.14. The van der Waals surface area contributed by atoms with Crippen molar-refractivity contribution in [1.82, 2.24) is 15.0 Å². The zero-order valence-electron chi connectivity index (χ0n) is 11.9. The smallest absolute Gasteiger partial charge is 0.181 e. The maximum Gasteiger partial charge on any atom is 0.181 e. The van der Waals surface area contributed by atoms with Crippen LogP contribution in [-0.2, 0) is 5.41 Å². The monoisotopic (exact) mass is 276 g/mol. The zero-order valence-corrected chi connectivity index (χ0v) is 12.7. The Morgan fingerprint density at radius 3 is 2.63 bits per heavy atom. The summed E-state index contributed by atoms with van der Waals surface area (Å²) in [5.41, 5.74) is 3.68. The third kappa shape index (κ3) is 3.50. The molecule has 0 fully saturated rings. The summed E-state index contributed by atoms with van der Waals surface area (Å²) < 4.78 is 0. The van der Waals surface area contributed by atoms with Gasteiger partial charge in [0.25, 0.3) is 0 Å². The maximum absolute atomic E-state index is 4.65. The van der Waals surface area contributed by atoms with Gasteiger partial charge in [-0.25, -0.2) is 15.0 Å². The molecule has 0 aliphatic heterocycles. The molecule has 1 N–H and O–H groups in total. The summed E-state index contributed by atoms with van der Waals surface area (Å²) in [5, 5.41) is 5.31. The van der Waals surface area contributed by atoms with Crippen LogP contribution in [0.15, 0.2) is 17.0 Å². The van der Waals surface area contributed by atoms with Crippen LogP contribution >= 0.6 is 11.3 Å². The number of rotatable bonds is 4. The molecular weight excluding hydrogens is 256 g/mol. The number of thiazole rings is 1. The molecule has 0 aliphatic carbocycles. The highest BCUT2D eigenvalue weighted by Gasteiger charge is 2.19. The van der Waals surface area contributed by atoms with E-state index in [9.17, 15) is 0 Å². The molecule has 0 atom stereocenters. The minimum atomic E-state index is -0.00362. The van der Waals surface area contributed by atoms with Crippen LogP contribution in [0.2, 0.25) is 0 Å². The Morgan fingerprint density at radius 1 is 1.26 bits per heavy atom. The summed E-state index contributed by atoms with van der Waals surface area (Å²) in [5.74, 6) is 1.58. The van der Waals surface area contributed by atoms with Gasteiger partial charge in [0.1, 0.15) is 11.5 Å². The van der Waals surface area contributed by atoms with Crippen LogP contribution in [0.4, 0.5) is 5.82 Å². The standard InChI is InChI=1S/C14H20N4S/c1-5-6-15-12-7-11(14(2,3)4)17-13(18-12)10-8-19-9-16-10/h7-9H,5-6H2,1-4H3,(H,15,17,18). The predicted octanol–water partition coefficient (Wildman–Crippen LogP) is 3.72. The van der Waals surface area contributed by atoms with Crippen molar-refractivity contribution in [2.24, 2.45) is 0 Å². The molecule has 0 saturated heterocycles. The fraction of sp³-hybridized carbons (Fsp3) is 0.500. The summed E-state index contributed by atoms with van der Waals surface area (Å²) in [6.07, 6.45) is 1.07. The first kappa shape index (κ1) is 13.9. The highest BCUT2D eigenvalue weighted by Crippen LogP contribution is 2.25. The van der Waals surface area contributed by atoms with E-state index in [1.807, 2.05) is 17.0 Å². The molecule has 0 saturated carbocycles. The molecule has 0 aromatic carbocycles. The van der Waals surface area contributed by atoms with Crippen LogP contribution in [0, 0.1) is 0 Å². The van der Waals surface area contributed by atoms with E-state index < -0.39 is 0 Å². The van der Waals surface area contributed by atoms with Crippen LogP contribution < -0.4 is 5.32 Å². The summed E-state index contributed by atoms with van der Waals surface area (Å²) in [7, 11) is 0. The largest absolute Gasteiger partial charge is 0.370 e. The molecular formula is C14H20N4S. The lowest BCUT2D eigenvalue weighted by molar-refractivity contribution is 0.568. The maximum atomic E-state index is 4.65. The van der Waals surface area contributed by atoms with E-state index in [-0.39, 0.29) is 5.41 Å². The third-order valence-corrected chi connectivity index (χ3v) is 3.30. The molecule has 0 aliphatic rings. The second-order valence-electron chi connectivity index (χ2n) is 5.51. The Hall–Kier alpha value is -1.49. The number of anilines is 1. The Balaban J connectivity index is 2.43. The van der Waals surface area contributed by atoms with Gasteiger partial charge in [0.05, 0.1) is 11.2 Å². The highest BCUT2D eigenvalue weighted by atomic mass is 32.1. The normalized spacial score (nSPS) is 11.6. The first-order valence-electron chi connectivity index (χ1n) is 6.52. The van der Waals surface area contributed by atoms with E-state index in [0.29, 0.717) is 5.82 Å². The predicted molar refractivity (Wildman–Crippen MR) is 80.6 cm³/mol. The van der Waals surface area contributed by atoms with Crippen molar-refractivity contribution in [3.63, 3.8) is 0 Å². The zero-order chi connectivity index (χ0) is 13.9. The fourth-order valence-corrected chi connectivity index (χ4v) is 2.14. The van der Waals surface area contributed by atoms with Crippen molar-refractivity contribution in [3.05, 3.63) is 22.7 Å². The number of nitrogens with one attached hydrogen (secondary N) is 1. The van der Waals surface area contributed by atoms with Gasteiger partial charge < -0.3 is 5.32 Å². The van der Waals surface area contributed by atoms with Gasteiger partial charge in [-0.3, -0.25) is 0 Å². The summed E-state index contributed by atoms with van der Waals surface area (Å²) in [6.45, 7) is 9.52. The van der Waals surface area contributed by atoms with E-state index in [1.54, 1.807) is 11.3 Å². The van der Waals surface area contributed by atoms with Crippen LogP contribution in [0.1, 0.15) is 39.8 Å². The second kappa shape index (κ2) is 5.65. The molecule has 19 heavy (non-hydrogen) atoms. The van der Waals surface area contributed by atoms with E-state index in [4.69, 9.17) is 0 Å². The van der Waals surface area contributed by atoms with Gasteiger partial charge in [0, 0.05) is 23.4 Å². The quantitative estimate of drug-likeness (QED) is 0.924. The first-order valence-corrected chi connectivity index (χ1v) is 7.47. The van der Waals surface area contributed by atoms with Crippen molar-refractivity contribution in [3.8, 4) is 11.5 Å². The van der Waals surface area contributed by atoms with Gasteiger partial charge in [-0.1, -0.05) is 27.7 Å². The van der Waals surface area contributed by atoms with Crippen molar-refractivity contribution in [1.29, 1.82) is 0 Å². The Labute approximate surface area is 118 Å². The van der Waals surface area contributed by atoms with Crippen LogP contribution in [-0.4, -0.2) is 21.5 Å². The van der Waals surface area contributed by atoms with Crippen molar-refractivity contribution in [2.45, 2.75) is 39.5 Å². The SMILES string of the molecule is CCCNc1cc(C(C)(C)C)nc(-c2cscn2)n1. The molecule has 102 valence electrons. The molecule has 0 bridgehead atoms. The number of hydrogen-bond donors (Lipinski definition) is 1. The molecule has 2 rings (SSSR count). The fourth-order valence-electron chi connectivity index (χ4n) is 1.61. The average Bonchev–Trinajstić information content (AvgIpc) is 2.89. The van der Waals surface area contributed by atoms with Gasteiger partial charge in [-0.05, 0) is 6.42 Å². The van der Waals surface area contributed by atoms with E-state index in [0.717, 1.165) is 30.2 Å². The Morgan fingerprint density at radius 2 is 2.05 bits per heavy atom. The van der Waals surface area contributed by atoms with Gasteiger partial charge in [-0.2, -0.15) is 0 Å². The van der Waals surface area contributed by atoms with Crippen molar-refractivity contribution >= 4 is 17.2 Å². The lowest BCUT2D eigenvalue weighted by atomic mass is 9.92. The minimum absolute atomic E-state index is 0.00362. The molecule has 5 heteroatoms. The number of nitrogens with zero attached hydrogens (tertiary/aromatic N) is 3. The molecule has 0 radical (unpaired) electrons. The van der Waals surface area contributed by atoms with Gasteiger partial charge in [-0.15, -0.1) is 11.3 Å². The topological polar surface area (TPSA) is 50.7 Å². The molecule has 0 amide bonds. The molecule has 2 aromatic rings. The summed E-state index contributed by atoms with van der Waals surface area (Å²) in [6, 6.07) is 2.03. The van der Waals surface area contributed by atoms with E-state index >= 15 is 0 Å². The van der Waals surface area contributed by atoms with Gasteiger partial charge in [0.2, 0.25) is 0 Å². The molecule has 0 unspecified atom stereocenters. The van der Waals surface area contributed by atoms with Crippen molar-refractivity contribution in [2.75, 3.05) is 11.9 Å². The molecule has 0 spiro atoms. The molecule has 4 nitrogen and oxygen atoms in total. The lowest BCUT2D eigenvalue weighted by Crippen LogP contribution is -2.16. The van der Waals surface area contributed by atoms with E-state index in [2.05, 4.69) is 48.0 Å². The summed E-state index contributed by atoms with van der Waals surface area (Å²) in [4.78, 5) is 13.5. The molecule has 2 aromatic heterocycles. The summed E-state index contributed by atoms with van der Waals surface area (Å²) >= 11 is 1.56. The highest BCUT2D eigenvalue weighted by molar-refractivity contribution is 7.07. The Bertz CT molecular complexity index is 529. The second-order valence-corrected chi connectivity index (χ2v) is 6.23. The third-order valence-electron chi connectivity index (χ3n) is 2.71. The number of hydrogen-bond acceptors (Lipinski definition) is 5. The first-order chi connectivity index (χ1) is 9.00. The molecule has 2 heterocycles. The average molecular weight is 276 g/mol. The van der Waals surface area contributed by atoms with Crippen molar-refractivity contribution < 1.29 is 0 Å². The lowest BCUT2D eigenvalue weighted by Gasteiger charge is -2.19. The minimum Gasteiger partial charge on any atom is -0.370 e. The van der Waals surface area contributed by atoms with Gasteiger partial charge >= 0.3 is 0 Å². The van der Waals surface area contributed by atoms with Crippen LogP contribution in [0.3, 0.4) is 0 Å². The van der Waals surface area contributed by atoms with Crippen LogP contribution in [0.25, 0.3) is 11.5 Å². The van der Waals surface area contributed by atoms with E-state index in [1.165, 1.54) is 0 Å². The van der Waals surface area contributed by atoms with Crippen LogP contribution in [0.5, 0.6) is 0 Å².